The number of aromatic hydroxyl groups is 1. The van der Waals surface area contributed by atoms with Gasteiger partial charge in [-0.2, -0.15) is 4.98 Å². The van der Waals surface area contributed by atoms with E-state index >= 15 is 0 Å². The SMILES string of the molecule is Cc1cc(-c2nc(O)cc(=O)[nH]2)c(C)s1. The first-order chi connectivity index (χ1) is 7.06. The largest absolute Gasteiger partial charge is 0.493 e. The summed E-state index contributed by atoms with van der Waals surface area (Å²) < 4.78 is 0. The quantitative estimate of drug-likeness (QED) is 0.773. The fourth-order valence-electron chi connectivity index (χ4n) is 1.44. The molecule has 2 N–H and O–H groups in total. The molecule has 15 heavy (non-hydrogen) atoms. The maximum absolute atomic E-state index is 11.2. The lowest BCUT2D eigenvalue weighted by atomic mass is 10.2. The first-order valence-corrected chi connectivity index (χ1v) is 5.25. The van der Waals surface area contributed by atoms with Crippen LogP contribution in [0, 0.1) is 13.8 Å². The van der Waals surface area contributed by atoms with Gasteiger partial charge in [0.05, 0.1) is 6.07 Å². The average molecular weight is 222 g/mol. The van der Waals surface area contributed by atoms with Crippen LogP contribution >= 0.6 is 11.3 Å². The minimum atomic E-state index is -0.347. The van der Waals surface area contributed by atoms with Crippen LogP contribution in [-0.2, 0) is 0 Å². The Morgan fingerprint density at radius 3 is 2.67 bits per heavy atom. The van der Waals surface area contributed by atoms with Crippen molar-refractivity contribution >= 4 is 11.3 Å². The summed E-state index contributed by atoms with van der Waals surface area (Å²) >= 11 is 1.63. The molecule has 2 heterocycles. The molecule has 0 aliphatic heterocycles. The first kappa shape index (κ1) is 9.92. The highest BCUT2D eigenvalue weighted by Gasteiger charge is 2.08. The summed E-state index contributed by atoms with van der Waals surface area (Å²) in [6, 6.07) is 3.00. The maximum atomic E-state index is 11.2. The third-order valence-electron chi connectivity index (χ3n) is 2.02. The molecule has 2 rings (SSSR count). The Morgan fingerprint density at radius 2 is 2.13 bits per heavy atom. The van der Waals surface area contributed by atoms with Gasteiger partial charge in [-0.05, 0) is 19.9 Å². The Hall–Kier alpha value is -1.62. The summed E-state index contributed by atoms with van der Waals surface area (Å²) in [5.74, 6) is 0.166. The molecule has 5 heteroatoms. The average Bonchev–Trinajstić information content (AvgIpc) is 2.43. The van der Waals surface area contributed by atoms with Crippen LogP contribution in [-0.4, -0.2) is 15.1 Å². The summed E-state index contributed by atoms with van der Waals surface area (Å²) in [4.78, 5) is 19.9. The molecule has 2 aromatic rings. The van der Waals surface area contributed by atoms with E-state index in [1.807, 2.05) is 19.9 Å². The van der Waals surface area contributed by atoms with Crippen LogP contribution in [0.15, 0.2) is 16.9 Å². The number of rotatable bonds is 1. The molecule has 0 amide bonds. The Morgan fingerprint density at radius 1 is 1.40 bits per heavy atom. The number of aromatic nitrogens is 2. The lowest BCUT2D eigenvalue weighted by molar-refractivity contribution is 0.452. The summed E-state index contributed by atoms with van der Waals surface area (Å²) in [7, 11) is 0. The minimum Gasteiger partial charge on any atom is -0.493 e. The molecule has 0 atom stereocenters. The highest BCUT2D eigenvalue weighted by atomic mass is 32.1. The van der Waals surface area contributed by atoms with Crippen LogP contribution in [0.25, 0.3) is 11.4 Å². The van der Waals surface area contributed by atoms with Gasteiger partial charge >= 0.3 is 0 Å². The van der Waals surface area contributed by atoms with Crippen molar-refractivity contribution in [2.24, 2.45) is 0 Å². The molecule has 0 aliphatic rings. The van der Waals surface area contributed by atoms with E-state index < -0.39 is 0 Å². The van der Waals surface area contributed by atoms with E-state index in [-0.39, 0.29) is 11.4 Å². The van der Waals surface area contributed by atoms with Crippen molar-refractivity contribution in [3.63, 3.8) is 0 Å². The number of hydrogen-bond donors (Lipinski definition) is 2. The predicted octanol–water partition coefficient (Wildman–Crippen LogP) is 1.82. The van der Waals surface area contributed by atoms with Gasteiger partial charge in [-0.3, -0.25) is 4.79 Å². The van der Waals surface area contributed by atoms with Crippen LogP contribution < -0.4 is 5.56 Å². The van der Waals surface area contributed by atoms with Gasteiger partial charge in [-0.25, -0.2) is 0 Å². The van der Waals surface area contributed by atoms with E-state index in [0.29, 0.717) is 5.82 Å². The van der Waals surface area contributed by atoms with Gasteiger partial charge in [-0.15, -0.1) is 11.3 Å². The number of aryl methyl sites for hydroxylation is 2. The molecule has 78 valence electrons. The second-order valence-corrected chi connectivity index (χ2v) is 4.74. The monoisotopic (exact) mass is 222 g/mol. The Labute approximate surface area is 90.3 Å². The summed E-state index contributed by atoms with van der Waals surface area (Å²) in [5.41, 5.74) is 0.520. The van der Waals surface area contributed by atoms with Gasteiger partial charge in [0.2, 0.25) is 5.88 Å². The molecule has 0 fully saturated rings. The van der Waals surface area contributed by atoms with E-state index in [1.165, 1.54) is 0 Å². The third-order valence-corrected chi connectivity index (χ3v) is 2.99. The first-order valence-electron chi connectivity index (χ1n) is 4.44. The van der Waals surface area contributed by atoms with Crippen molar-refractivity contribution in [3.8, 4) is 17.3 Å². The zero-order chi connectivity index (χ0) is 11.0. The van der Waals surface area contributed by atoms with E-state index in [0.717, 1.165) is 21.4 Å². The molecular formula is C10H10N2O2S. The molecule has 4 nitrogen and oxygen atoms in total. The Bertz CT molecular complexity index is 557. The summed E-state index contributed by atoms with van der Waals surface area (Å²) in [6.45, 7) is 3.94. The predicted molar refractivity (Wildman–Crippen MR) is 59.3 cm³/mol. The van der Waals surface area contributed by atoms with Gasteiger partial charge in [0.15, 0.2) is 0 Å². The second kappa shape index (κ2) is 3.51. The smallest absolute Gasteiger partial charge is 0.254 e. The number of aromatic amines is 1. The number of thiophene rings is 1. The van der Waals surface area contributed by atoms with Crippen molar-refractivity contribution in [1.29, 1.82) is 0 Å². The highest BCUT2D eigenvalue weighted by molar-refractivity contribution is 7.12. The fourth-order valence-corrected chi connectivity index (χ4v) is 2.36. The number of H-pyrrole nitrogens is 1. The zero-order valence-corrected chi connectivity index (χ0v) is 9.18. The number of nitrogens with zero attached hydrogens (tertiary/aromatic N) is 1. The normalized spacial score (nSPS) is 10.5. The molecular weight excluding hydrogens is 212 g/mol. The molecule has 2 aromatic heterocycles. The Balaban J connectivity index is 2.63. The van der Waals surface area contributed by atoms with E-state index in [2.05, 4.69) is 9.97 Å². The van der Waals surface area contributed by atoms with Crippen LogP contribution in [0.2, 0.25) is 0 Å². The molecule has 0 saturated carbocycles. The van der Waals surface area contributed by atoms with Crippen molar-refractivity contribution in [3.05, 3.63) is 32.2 Å². The van der Waals surface area contributed by atoms with E-state index in [9.17, 15) is 9.90 Å². The molecule has 0 spiro atoms. The molecule has 0 aliphatic carbocycles. The maximum Gasteiger partial charge on any atom is 0.254 e. The highest BCUT2D eigenvalue weighted by Crippen LogP contribution is 2.28. The molecule has 0 bridgehead atoms. The summed E-state index contributed by atoms with van der Waals surface area (Å²) in [5, 5.41) is 9.23. The molecule has 0 radical (unpaired) electrons. The Kier molecular flexibility index (Phi) is 2.32. The van der Waals surface area contributed by atoms with Crippen molar-refractivity contribution in [2.75, 3.05) is 0 Å². The van der Waals surface area contributed by atoms with Crippen LogP contribution in [0.4, 0.5) is 0 Å². The van der Waals surface area contributed by atoms with Gasteiger partial charge in [-0.1, -0.05) is 0 Å². The molecule has 0 aromatic carbocycles. The minimum absolute atomic E-state index is 0.253. The fraction of sp³-hybridized carbons (Fsp3) is 0.200. The van der Waals surface area contributed by atoms with Crippen LogP contribution in [0.5, 0.6) is 5.88 Å². The van der Waals surface area contributed by atoms with Gasteiger partial charge in [0, 0.05) is 15.3 Å². The van der Waals surface area contributed by atoms with E-state index in [4.69, 9.17) is 0 Å². The van der Waals surface area contributed by atoms with Crippen molar-refractivity contribution in [1.82, 2.24) is 9.97 Å². The van der Waals surface area contributed by atoms with Crippen LogP contribution in [0.3, 0.4) is 0 Å². The van der Waals surface area contributed by atoms with Gasteiger partial charge in [0.25, 0.3) is 5.56 Å². The number of hydrogen-bond acceptors (Lipinski definition) is 4. The molecule has 0 unspecified atom stereocenters. The van der Waals surface area contributed by atoms with Crippen molar-refractivity contribution in [2.45, 2.75) is 13.8 Å². The summed E-state index contributed by atoms with van der Waals surface area (Å²) in [6.07, 6.45) is 0. The lowest BCUT2D eigenvalue weighted by Crippen LogP contribution is -2.06. The zero-order valence-electron chi connectivity index (χ0n) is 8.37. The lowest BCUT2D eigenvalue weighted by Gasteiger charge is -1.98. The van der Waals surface area contributed by atoms with E-state index in [1.54, 1.807) is 11.3 Å². The standard InChI is InChI=1S/C10H10N2O2S/c1-5-3-7(6(2)15-5)10-11-8(13)4-9(14)12-10/h3-4H,1-2H3,(H2,11,12,13,14). The van der Waals surface area contributed by atoms with Gasteiger partial charge < -0.3 is 10.1 Å². The van der Waals surface area contributed by atoms with Crippen molar-refractivity contribution < 1.29 is 5.11 Å². The van der Waals surface area contributed by atoms with Crippen LogP contribution in [0.1, 0.15) is 9.75 Å². The molecule has 0 saturated heterocycles. The second-order valence-electron chi connectivity index (χ2n) is 3.28. The van der Waals surface area contributed by atoms with Gasteiger partial charge in [0.1, 0.15) is 5.82 Å². The topological polar surface area (TPSA) is 66.0 Å². The third kappa shape index (κ3) is 1.92. The number of nitrogens with one attached hydrogen (secondary N) is 1.